The van der Waals surface area contributed by atoms with Gasteiger partial charge in [0.25, 0.3) is 0 Å². The Hall–Kier alpha value is -0.680. The van der Waals surface area contributed by atoms with Gasteiger partial charge in [-0.05, 0) is 22.9 Å². The third-order valence-electron chi connectivity index (χ3n) is 2.33. The van der Waals surface area contributed by atoms with Crippen LogP contribution in [0, 0.1) is 5.92 Å². The number of nitrogens with zero attached hydrogens (tertiary/aromatic N) is 2. The van der Waals surface area contributed by atoms with Gasteiger partial charge in [0.2, 0.25) is 0 Å². The average Bonchev–Trinajstić information content (AvgIpc) is 2.44. The highest BCUT2D eigenvalue weighted by atomic mass is 79.9. The Morgan fingerprint density at radius 2 is 2.21 bits per heavy atom. The second-order valence-corrected chi connectivity index (χ2v) is 4.33. The van der Waals surface area contributed by atoms with Gasteiger partial charge in [-0.25, -0.2) is 0 Å². The highest BCUT2D eigenvalue weighted by molar-refractivity contribution is 9.10. The van der Waals surface area contributed by atoms with Crippen molar-refractivity contribution in [3.05, 3.63) is 16.4 Å². The van der Waals surface area contributed by atoms with E-state index in [1.807, 2.05) is 13.8 Å². The van der Waals surface area contributed by atoms with Gasteiger partial charge in [0.05, 0.1) is 10.7 Å². The molecule has 1 aromatic heterocycles. The molecule has 0 aliphatic rings. The van der Waals surface area contributed by atoms with Crippen molar-refractivity contribution in [2.24, 2.45) is 18.7 Å². The predicted molar refractivity (Wildman–Crippen MR) is 58.1 cm³/mol. The van der Waals surface area contributed by atoms with Crippen LogP contribution in [0.3, 0.4) is 0 Å². The Morgan fingerprint density at radius 1 is 1.64 bits per heavy atom. The van der Waals surface area contributed by atoms with Crippen molar-refractivity contribution in [1.82, 2.24) is 9.78 Å². The van der Waals surface area contributed by atoms with Crippen LogP contribution < -0.4 is 5.73 Å². The molecule has 1 rings (SSSR count). The van der Waals surface area contributed by atoms with E-state index in [9.17, 15) is 4.79 Å². The smallest absolute Gasteiger partial charge is 0.186 e. The van der Waals surface area contributed by atoms with E-state index in [0.717, 1.165) is 4.47 Å². The largest absolute Gasteiger partial charge is 0.327 e. The summed E-state index contributed by atoms with van der Waals surface area (Å²) in [6.45, 7) is 3.65. The molecular formula is C9H14BrN3O. The number of ketones is 1. The molecule has 2 unspecified atom stereocenters. The summed E-state index contributed by atoms with van der Waals surface area (Å²) in [6, 6.07) is -0.149. The first-order valence-corrected chi connectivity index (χ1v) is 5.21. The van der Waals surface area contributed by atoms with Gasteiger partial charge < -0.3 is 5.73 Å². The van der Waals surface area contributed by atoms with Crippen molar-refractivity contribution in [3.8, 4) is 0 Å². The first kappa shape index (κ1) is 11.4. The van der Waals surface area contributed by atoms with Gasteiger partial charge in [-0.3, -0.25) is 9.48 Å². The number of aromatic nitrogens is 2. The summed E-state index contributed by atoms with van der Waals surface area (Å²) >= 11 is 3.29. The van der Waals surface area contributed by atoms with Crippen LogP contribution in [0.25, 0.3) is 0 Å². The normalized spacial score (nSPS) is 15.2. The maximum atomic E-state index is 11.9. The number of hydrogen-bond donors (Lipinski definition) is 1. The molecule has 1 aromatic rings. The lowest BCUT2D eigenvalue weighted by atomic mass is 9.97. The Kier molecular flexibility index (Phi) is 3.44. The van der Waals surface area contributed by atoms with Gasteiger partial charge in [-0.15, -0.1) is 0 Å². The molecule has 5 heteroatoms. The third-order valence-corrected chi connectivity index (χ3v) is 2.91. The summed E-state index contributed by atoms with van der Waals surface area (Å²) in [4.78, 5) is 11.9. The fraction of sp³-hybridized carbons (Fsp3) is 0.556. The van der Waals surface area contributed by atoms with Crippen LogP contribution in [0.5, 0.6) is 0 Å². The van der Waals surface area contributed by atoms with E-state index in [2.05, 4.69) is 21.0 Å². The minimum Gasteiger partial charge on any atom is -0.327 e. The minimum atomic E-state index is -0.193. The van der Waals surface area contributed by atoms with E-state index in [4.69, 9.17) is 5.73 Å². The standard InChI is InChI=1S/C9H14BrN3O/c1-5(6(2)11)9(14)8-7(10)4-12-13(8)3/h4-6H,11H2,1-3H3. The Labute approximate surface area is 91.6 Å². The second kappa shape index (κ2) is 4.23. The molecule has 0 bridgehead atoms. The minimum absolute atomic E-state index is 0.0203. The molecule has 0 fully saturated rings. The predicted octanol–water partition coefficient (Wildman–Crippen LogP) is 1.35. The maximum Gasteiger partial charge on any atom is 0.186 e. The molecule has 0 aromatic carbocycles. The molecule has 0 aliphatic heterocycles. The second-order valence-electron chi connectivity index (χ2n) is 3.48. The molecule has 0 amide bonds. The summed E-state index contributed by atoms with van der Waals surface area (Å²) in [5.74, 6) is -0.173. The Bertz CT molecular complexity index is 326. The van der Waals surface area contributed by atoms with E-state index >= 15 is 0 Å². The molecule has 78 valence electrons. The van der Waals surface area contributed by atoms with Crippen molar-refractivity contribution >= 4 is 21.7 Å². The van der Waals surface area contributed by atoms with E-state index in [-0.39, 0.29) is 17.7 Å². The highest BCUT2D eigenvalue weighted by Crippen LogP contribution is 2.19. The van der Waals surface area contributed by atoms with Gasteiger partial charge in [-0.1, -0.05) is 6.92 Å². The summed E-state index contributed by atoms with van der Waals surface area (Å²) in [6.07, 6.45) is 1.61. The van der Waals surface area contributed by atoms with E-state index in [1.165, 1.54) is 0 Å². The number of rotatable bonds is 3. The molecule has 0 aliphatic carbocycles. The molecule has 0 spiro atoms. The maximum absolute atomic E-state index is 11.9. The SMILES string of the molecule is CC(N)C(C)C(=O)c1c(Br)cnn1C. The lowest BCUT2D eigenvalue weighted by Crippen LogP contribution is -2.31. The van der Waals surface area contributed by atoms with Crippen molar-refractivity contribution in [3.63, 3.8) is 0 Å². The van der Waals surface area contributed by atoms with E-state index in [1.54, 1.807) is 17.9 Å². The van der Waals surface area contributed by atoms with Crippen molar-refractivity contribution in [2.45, 2.75) is 19.9 Å². The van der Waals surface area contributed by atoms with Gasteiger partial charge >= 0.3 is 0 Å². The number of nitrogens with two attached hydrogens (primary N) is 1. The van der Waals surface area contributed by atoms with Crippen LogP contribution >= 0.6 is 15.9 Å². The fourth-order valence-corrected chi connectivity index (χ4v) is 1.69. The molecule has 14 heavy (non-hydrogen) atoms. The molecule has 4 nitrogen and oxygen atoms in total. The van der Waals surface area contributed by atoms with Crippen molar-refractivity contribution < 1.29 is 4.79 Å². The molecule has 1 heterocycles. The van der Waals surface area contributed by atoms with Gasteiger partial charge in [0.1, 0.15) is 5.69 Å². The van der Waals surface area contributed by atoms with E-state index < -0.39 is 0 Å². The van der Waals surface area contributed by atoms with Crippen LogP contribution in [-0.4, -0.2) is 21.6 Å². The Morgan fingerprint density at radius 3 is 2.57 bits per heavy atom. The monoisotopic (exact) mass is 259 g/mol. The Balaban J connectivity index is 3.00. The van der Waals surface area contributed by atoms with Gasteiger partial charge in [-0.2, -0.15) is 5.10 Å². The summed E-state index contributed by atoms with van der Waals surface area (Å²) in [5, 5.41) is 3.99. The summed E-state index contributed by atoms with van der Waals surface area (Å²) < 4.78 is 2.28. The number of carbonyl (C=O) groups excluding carboxylic acids is 1. The zero-order valence-electron chi connectivity index (χ0n) is 8.49. The third kappa shape index (κ3) is 2.04. The van der Waals surface area contributed by atoms with Crippen molar-refractivity contribution in [2.75, 3.05) is 0 Å². The summed E-state index contributed by atoms with van der Waals surface area (Å²) in [5.41, 5.74) is 6.26. The van der Waals surface area contributed by atoms with Crippen LogP contribution in [0.15, 0.2) is 10.7 Å². The lowest BCUT2D eigenvalue weighted by molar-refractivity contribution is 0.0906. The average molecular weight is 260 g/mol. The van der Waals surface area contributed by atoms with E-state index in [0.29, 0.717) is 5.69 Å². The molecule has 0 saturated carbocycles. The van der Waals surface area contributed by atoms with Gasteiger partial charge in [0, 0.05) is 19.0 Å². The molecular weight excluding hydrogens is 246 g/mol. The topological polar surface area (TPSA) is 60.9 Å². The number of Topliss-reactive ketones (excluding diaryl/α,β-unsaturated/α-hetero) is 1. The zero-order chi connectivity index (χ0) is 10.9. The molecule has 2 N–H and O–H groups in total. The quantitative estimate of drug-likeness (QED) is 0.834. The fourth-order valence-electron chi connectivity index (χ4n) is 1.14. The molecule has 2 atom stereocenters. The first-order valence-electron chi connectivity index (χ1n) is 4.42. The van der Waals surface area contributed by atoms with Crippen LogP contribution in [0.4, 0.5) is 0 Å². The van der Waals surface area contributed by atoms with Crippen LogP contribution in [0.2, 0.25) is 0 Å². The number of hydrogen-bond acceptors (Lipinski definition) is 3. The number of carbonyl (C=O) groups is 1. The van der Waals surface area contributed by atoms with Crippen molar-refractivity contribution in [1.29, 1.82) is 0 Å². The van der Waals surface area contributed by atoms with Gasteiger partial charge in [0.15, 0.2) is 5.78 Å². The zero-order valence-corrected chi connectivity index (χ0v) is 10.1. The molecule has 0 radical (unpaired) electrons. The lowest BCUT2D eigenvalue weighted by Gasteiger charge is -2.14. The first-order chi connectivity index (χ1) is 6.45. The number of halogens is 1. The van der Waals surface area contributed by atoms with Crippen LogP contribution in [-0.2, 0) is 7.05 Å². The highest BCUT2D eigenvalue weighted by Gasteiger charge is 2.23. The molecule has 0 saturated heterocycles. The summed E-state index contributed by atoms with van der Waals surface area (Å²) in [7, 11) is 1.74. The van der Waals surface area contributed by atoms with Crippen LogP contribution in [0.1, 0.15) is 24.3 Å². The number of aryl methyl sites for hydroxylation is 1.